The maximum absolute atomic E-state index is 11.4. The molecule has 4 nitrogen and oxygen atoms in total. The predicted molar refractivity (Wildman–Crippen MR) is 104 cm³/mol. The predicted octanol–water partition coefficient (Wildman–Crippen LogP) is 3.62. The molecule has 1 aliphatic carbocycles. The minimum atomic E-state index is 0. The molecule has 2 aliphatic rings. The van der Waals surface area contributed by atoms with Gasteiger partial charge in [0.25, 0.3) is 0 Å². The number of ether oxygens (including phenoxy) is 1. The summed E-state index contributed by atoms with van der Waals surface area (Å²) in [6.45, 7) is 3.08. The van der Waals surface area contributed by atoms with Gasteiger partial charge in [0, 0.05) is 11.6 Å². The van der Waals surface area contributed by atoms with E-state index in [0.29, 0.717) is 24.2 Å². The topological polar surface area (TPSA) is 41.6 Å². The zero-order valence-electron chi connectivity index (χ0n) is 14.6. The van der Waals surface area contributed by atoms with Gasteiger partial charge >= 0.3 is 0 Å². The van der Waals surface area contributed by atoms with Gasteiger partial charge in [-0.25, -0.2) is 0 Å². The second kappa shape index (κ2) is 10.2. The van der Waals surface area contributed by atoms with E-state index in [0.717, 1.165) is 50.9 Å². The fraction of sp³-hybridized carbons (Fsp3) is 0.632. The SMILES string of the molecule is Cl.O=CN(CCOc1c(Cl)ccc2c1CCNCC2)C1CCCCC1. The molecular weight excluding hydrogens is 359 g/mol. The summed E-state index contributed by atoms with van der Waals surface area (Å²) in [4.78, 5) is 13.3. The van der Waals surface area contributed by atoms with Crippen LogP contribution in [0.25, 0.3) is 0 Å². The van der Waals surface area contributed by atoms with Crippen molar-refractivity contribution in [3.05, 3.63) is 28.3 Å². The van der Waals surface area contributed by atoms with Crippen LogP contribution < -0.4 is 10.1 Å². The van der Waals surface area contributed by atoms with Gasteiger partial charge in [0.05, 0.1) is 11.6 Å². The highest BCUT2D eigenvalue weighted by Gasteiger charge is 2.20. The Morgan fingerprint density at radius 3 is 2.72 bits per heavy atom. The third kappa shape index (κ3) is 5.25. The molecule has 1 aliphatic heterocycles. The van der Waals surface area contributed by atoms with E-state index < -0.39 is 0 Å². The minimum absolute atomic E-state index is 0. The molecule has 6 heteroatoms. The summed E-state index contributed by atoms with van der Waals surface area (Å²) < 4.78 is 6.05. The van der Waals surface area contributed by atoms with Crippen LogP contribution in [-0.2, 0) is 17.6 Å². The molecule has 25 heavy (non-hydrogen) atoms. The zero-order valence-corrected chi connectivity index (χ0v) is 16.2. The van der Waals surface area contributed by atoms with E-state index in [-0.39, 0.29) is 12.4 Å². The van der Waals surface area contributed by atoms with Crippen LogP contribution in [0.2, 0.25) is 5.02 Å². The summed E-state index contributed by atoms with van der Waals surface area (Å²) in [5.74, 6) is 0.812. The van der Waals surface area contributed by atoms with Crippen molar-refractivity contribution >= 4 is 30.4 Å². The van der Waals surface area contributed by atoms with Crippen LogP contribution >= 0.6 is 24.0 Å². The molecule has 1 heterocycles. The Kier molecular flexibility index (Phi) is 8.34. The fourth-order valence-electron chi connectivity index (χ4n) is 3.85. The number of benzene rings is 1. The maximum atomic E-state index is 11.4. The first-order valence-electron chi connectivity index (χ1n) is 9.14. The molecule has 3 rings (SSSR count). The van der Waals surface area contributed by atoms with Crippen LogP contribution in [0, 0.1) is 0 Å². The number of amides is 1. The number of halogens is 2. The highest BCUT2D eigenvalue weighted by atomic mass is 35.5. The van der Waals surface area contributed by atoms with Gasteiger partial charge in [0.15, 0.2) is 0 Å². The van der Waals surface area contributed by atoms with E-state index in [1.807, 2.05) is 11.0 Å². The lowest BCUT2D eigenvalue weighted by Gasteiger charge is -2.31. The average Bonchev–Trinajstić information content (AvgIpc) is 2.86. The number of hydrogen-bond donors (Lipinski definition) is 1. The largest absolute Gasteiger partial charge is 0.490 e. The number of hydrogen-bond acceptors (Lipinski definition) is 3. The van der Waals surface area contributed by atoms with Gasteiger partial charge in [0.1, 0.15) is 12.4 Å². The van der Waals surface area contributed by atoms with Crippen molar-refractivity contribution in [2.45, 2.75) is 51.0 Å². The van der Waals surface area contributed by atoms with E-state index >= 15 is 0 Å². The number of carbonyl (C=O) groups excluding carboxylic acids is 1. The van der Waals surface area contributed by atoms with Crippen LogP contribution in [0.15, 0.2) is 12.1 Å². The van der Waals surface area contributed by atoms with Gasteiger partial charge in [-0.1, -0.05) is 36.9 Å². The summed E-state index contributed by atoms with van der Waals surface area (Å²) in [6.07, 6.45) is 8.89. The van der Waals surface area contributed by atoms with Gasteiger partial charge in [-0.15, -0.1) is 12.4 Å². The smallest absolute Gasteiger partial charge is 0.210 e. The Morgan fingerprint density at radius 2 is 1.96 bits per heavy atom. The lowest BCUT2D eigenvalue weighted by molar-refractivity contribution is -0.121. The van der Waals surface area contributed by atoms with Gasteiger partial charge < -0.3 is 15.0 Å². The van der Waals surface area contributed by atoms with Gasteiger partial charge in [-0.2, -0.15) is 0 Å². The molecule has 0 bridgehead atoms. The second-order valence-corrected chi connectivity index (χ2v) is 7.15. The van der Waals surface area contributed by atoms with Crippen LogP contribution in [0.4, 0.5) is 0 Å². The number of carbonyl (C=O) groups is 1. The Labute approximate surface area is 161 Å². The first-order chi connectivity index (χ1) is 11.8. The van der Waals surface area contributed by atoms with Crippen LogP contribution in [0.1, 0.15) is 43.2 Å². The molecule has 0 aromatic heterocycles. The van der Waals surface area contributed by atoms with Crippen molar-refractivity contribution in [2.24, 2.45) is 0 Å². The molecule has 1 amide bonds. The zero-order chi connectivity index (χ0) is 16.8. The van der Waals surface area contributed by atoms with E-state index in [2.05, 4.69) is 11.4 Å². The molecule has 0 atom stereocenters. The molecule has 140 valence electrons. The monoisotopic (exact) mass is 386 g/mol. The van der Waals surface area contributed by atoms with Crippen molar-refractivity contribution in [3.63, 3.8) is 0 Å². The molecule has 0 radical (unpaired) electrons. The van der Waals surface area contributed by atoms with Crippen molar-refractivity contribution < 1.29 is 9.53 Å². The van der Waals surface area contributed by atoms with E-state index in [1.165, 1.54) is 30.4 Å². The summed E-state index contributed by atoms with van der Waals surface area (Å²) >= 11 is 6.38. The average molecular weight is 387 g/mol. The summed E-state index contributed by atoms with van der Waals surface area (Å²) in [5, 5.41) is 4.09. The molecule has 0 saturated heterocycles. The fourth-order valence-corrected chi connectivity index (χ4v) is 4.08. The molecular formula is C19H28Cl2N2O2. The molecule has 1 saturated carbocycles. The Morgan fingerprint density at radius 1 is 1.20 bits per heavy atom. The van der Waals surface area contributed by atoms with Crippen LogP contribution in [-0.4, -0.2) is 43.6 Å². The quantitative estimate of drug-likeness (QED) is 0.759. The molecule has 1 aromatic rings. The van der Waals surface area contributed by atoms with Gasteiger partial charge in [-0.05, 0) is 50.4 Å². The van der Waals surface area contributed by atoms with Crippen molar-refractivity contribution in [2.75, 3.05) is 26.2 Å². The van der Waals surface area contributed by atoms with Crippen molar-refractivity contribution in [1.29, 1.82) is 0 Å². The first kappa shape index (κ1) is 20.3. The van der Waals surface area contributed by atoms with Crippen molar-refractivity contribution in [1.82, 2.24) is 10.2 Å². The second-order valence-electron chi connectivity index (χ2n) is 6.75. The molecule has 1 N–H and O–H groups in total. The standard InChI is InChI=1S/C19H27ClN2O2.ClH/c20-18-7-6-15-8-10-21-11-9-17(15)19(18)24-13-12-22(14-23)16-4-2-1-3-5-16;/h6-7,14,16,21H,1-5,8-13H2;1H. The highest BCUT2D eigenvalue weighted by molar-refractivity contribution is 6.32. The van der Waals surface area contributed by atoms with Crippen LogP contribution in [0.5, 0.6) is 5.75 Å². The Bertz CT molecular complexity index is 563. The normalized spacial score (nSPS) is 17.8. The van der Waals surface area contributed by atoms with Crippen molar-refractivity contribution in [3.8, 4) is 5.75 Å². The Balaban J connectivity index is 0.00000225. The van der Waals surface area contributed by atoms with Gasteiger partial charge in [-0.3, -0.25) is 4.79 Å². The first-order valence-corrected chi connectivity index (χ1v) is 9.52. The summed E-state index contributed by atoms with van der Waals surface area (Å²) in [7, 11) is 0. The number of rotatable bonds is 6. The Hall–Kier alpha value is -0.970. The molecule has 0 unspecified atom stereocenters. The highest BCUT2D eigenvalue weighted by Crippen LogP contribution is 2.33. The number of nitrogens with zero attached hydrogens (tertiary/aromatic N) is 1. The molecule has 1 aromatic carbocycles. The summed E-state index contributed by atoms with van der Waals surface area (Å²) in [5.41, 5.74) is 2.54. The molecule has 1 fully saturated rings. The third-order valence-electron chi connectivity index (χ3n) is 5.21. The lowest BCUT2D eigenvalue weighted by atomic mass is 9.94. The summed E-state index contributed by atoms with van der Waals surface area (Å²) in [6, 6.07) is 4.42. The lowest BCUT2D eigenvalue weighted by Crippen LogP contribution is -2.38. The maximum Gasteiger partial charge on any atom is 0.210 e. The van der Waals surface area contributed by atoms with Gasteiger partial charge in [0.2, 0.25) is 6.41 Å². The van der Waals surface area contributed by atoms with E-state index in [9.17, 15) is 4.79 Å². The van der Waals surface area contributed by atoms with E-state index in [1.54, 1.807) is 0 Å². The molecule has 0 spiro atoms. The number of nitrogens with one attached hydrogen (secondary N) is 1. The van der Waals surface area contributed by atoms with Crippen LogP contribution in [0.3, 0.4) is 0 Å². The third-order valence-corrected chi connectivity index (χ3v) is 5.50. The number of fused-ring (bicyclic) bond motifs is 1. The van der Waals surface area contributed by atoms with E-state index in [4.69, 9.17) is 16.3 Å². The minimum Gasteiger partial charge on any atom is -0.490 e.